The van der Waals surface area contributed by atoms with Crippen LogP contribution in [0.5, 0.6) is 0 Å². The molecule has 0 radical (unpaired) electrons. The van der Waals surface area contributed by atoms with Gasteiger partial charge in [0.2, 0.25) is 0 Å². The number of nitrogens with one attached hydrogen (secondary N) is 1. The van der Waals surface area contributed by atoms with Gasteiger partial charge in [-0.25, -0.2) is 0 Å². The Morgan fingerprint density at radius 1 is 1.21 bits per heavy atom. The monoisotopic (exact) mass is 214 g/mol. The third kappa shape index (κ3) is 2.26. The van der Waals surface area contributed by atoms with Crippen molar-refractivity contribution >= 4 is 11.8 Å². The van der Waals surface area contributed by atoms with Crippen molar-refractivity contribution in [2.75, 3.05) is 32.4 Å². The maximum atomic E-state index is 3.52. The lowest BCUT2D eigenvalue weighted by Crippen LogP contribution is -2.46. The van der Waals surface area contributed by atoms with E-state index in [2.05, 4.69) is 23.4 Å². The number of hydrogen-bond acceptors (Lipinski definition) is 3. The first kappa shape index (κ1) is 10.8. The molecule has 14 heavy (non-hydrogen) atoms. The van der Waals surface area contributed by atoms with Crippen LogP contribution in [-0.4, -0.2) is 48.6 Å². The molecule has 1 N–H and O–H groups in total. The average Bonchev–Trinajstić information content (AvgIpc) is 2.67. The summed E-state index contributed by atoms with van der Waals surface area (Å²) in [5.74, 6) is 0.952. The fourth-order valence-corrected chi connectivity index (χ4v) is 3.47. The zero-order valence-electron chi connectivity index (χ0n) is 9.33. The van der Waals surface area contributed by atoms with Crippen LogP contribution in [-0.2, 0) is 0 Å². The summed E-state index contributed by atoms with van der Waals surface area (Å²) >= 11 is 2.03. The number of nitrogens with zero attached hydrogens (tertiary/aromatic N) is 1. The zero-order valence-corrected chi connectivity index (χ0v) is 10.1. The van der Waals surface area contributed by atoms with Gasteiger partial charge in [0.25, 0.3) is 0 Å². The fraction of sp³-hybridized carbons (Fsp3) is 1.00. The summed E-state index contributed by atoms with van der Waals surface area (Å²) in [5.41, 5.74) is 0. The van der Waals surface area contributed by atoms with E-state index in [1.54, 1.807) is 0 Å². The molecule has 0 saturated carbocycles. The largest absolute Gasteiger partial charge is 0.314 e. The Morgan fingerprint density at radius 3 is 2.57 bits per heavy atom. The highest BCUT2D eigenvalue weighted by Crippen LogP contribution is 2.25. The number of hydrogen-bond donors (Lipinski definition) is 1. The summed E-state index contributed by atoms with van der Waals surface area (Å²) in [5, 5.41) is 4.34. The Balaban J connectivity index is 1.88. The molecule has 2 aliphatic heterocycles. The van der Waals surface area contributed by atoms with E-state index in [0.717, 1.165) is 17.2 Å². The molecule has 0 aliphatic carbocycles. The molecule has 0 aromatic rings. The molecule has 82 valence electrons. The fourth-order valence-electron chi connectivity index (χ4n) is 2.61. The van der Waals surface area contributed by atoms with Crippen LogP contribution in [0.15, 0.2) is 0 Å². The van der Waals surface area contributed by atoms with Crippen molar-refractivity contribution in [3.8, 4) is 0 Å². The number of thioether (sulfide) groups is 1. The van der Waals surface area contributed by atoms with E-state index in [1.807, 2.05) is 11.8 Å². The van der Waals surface area contributed by atoms with Crippen LogP contribution in [0.2, 0.25) is 0 Å². The van der Waals surface area contributed by atoms with Gasteiger partial charge in [0.1, 0.15) is 0 Å². The molecule has 2 nitrogen and oxygen atoms in total. The van der Waals surface area contributed by atoms with Crippen LogP contribution in [0.25, 0.3) is 0 Å². The minimum atomic E-state index is 0.803. The summed E-state index contributed by atoms with van der Waals surface area (Å²) in [6.45, 7) is 7.45. The van der Waals surface area contributed by atoms with Gasteiger partial charge in [0, 0.05) is 24.4 Å². The van der Waals surface area contributed by atoms with Crippen molar-refractivity contribution in [1.82, 2.24) is 10.2 Å². The maximum Gasteiger partial charge on any atom is 0.0351 e. The second-order valence-corrected chi connectivity index (χ2v) is 5.80. The second kappa shape index (κ2) is 4.86. The van der Waals surface area contributed by atoms with Crippen molar-refractivity contribution < 1.29 is 0 Å². The van der Waals surface area contributed by atoms with E-state index in [0.29, 0.717) is 0 Å². The van der Waals surface area contributed by atoms with E-state index in [4.69, 9.17) is 0 Å². The van der Waals surface area contributed by atoms with Gasteiger partial charge >= 0.3 is 0 Å². The number of likely N-dealkylation sites (tertiary alicyclic amines) is 1. The van der Waals surface area contributed by atoms with Gasteiger partial charge in [-0.2, -0.15) is 11.8 Å². The lowest BCUT2D eigenvalue weighted by atomic mass is 9.97. The third-order valence-corrected chi connectivity index (χ3v) is 4.80. The Labute approximate surface area is 91.8 Å². The minimum absolute atomic E-state index is 0.803. The molecule has 0 amide bonds. The molecule has 2 saturated heterocycles. The number of piperidine rings is 1. The molecule has 2 unspecified atom stereocenters. The lowest BCUT2D eigenvalue weighted by Gasteiger charge is -2.36. The molecular weight excluding hydrogens is 192 g/mol. The molecule has 2 rings (SSSR count). The third-order valence-electron chi connectivity index (χ3n) is 3.72. The predicted molar refractivity (Wildman–Crippen MR) is 63.9 cm³/mol. The van der Waals surface area contributed by atoms with Gasteiger partial charge < -0.3 is 5.32 Å². The molecule has 0 aromatic carbocycles. The summed E-state index contributed by atoms with van der Waals surface area (Å²) in [6, 6.07) is 0.803. The van der Waals surface area contributed by atoms with Crippen molar-refractivity contribution in [3.63, 3.8) is 0 Å². The first-order valence-corrected chi connectivity index (χ1v) is 7.07. The Kier molecular flexibility index (Phi) is 3.74. The van der Waals surface area contributed by atoms with Gasteiger partial charge in [-0.05, 0) is 38.1 Å². The predicted octanol–water partition coefficient (Wildman–Crippen LogP) is 1.42. The van der Waals surface area contributed by atoms with Gasteiger partial charge in [-0.3, -0.25) is 4.90 Å². The molecule has 0 spiro atoms. The van der Waals surface area contributed by atoms with Crippen molar-refractivity contribution in [3.05, 3.63) is 0 Å². The molecular formula is C11H22N2S. The summed E-state index contributed by atoms with van der Waals surface area (Å²) in [4.78, 5) is 2.71. The molecule has 2 aliphatic rings. The number of rotatable bonds is 2. The van der Waals surface area contributed by atoms with Crippen LogP contribution < -0.4 is 5.32 Å². The molecule has 2 atom stereocenters. The van der Waals surface area contributed by atoms with E-state index in [1.165, 1.54) is 39.0 Å². The maximum absolute atomic E-state index is 3.52. The average molecular weight is 214 g/mol. The lowest BCUT2D eigenvalue weighted by molar-refractivity contribution is 0.149. The Morgan fingerprint density at radius 2 is 1.93 bits per heavy atom. The van der Waals surface area contributed by atoms with Gasteiger partial charge in [0.05, 0.1) is 0 Å². The van der Waals surface area contributed by atoms with Crippen molar-refractivity contribution in [2.24, 2.45) is 5.92 Å². The van der Waals surface area contributed by atoms with Crippen molar-refractivity contribution in [1.29, 1.82) is 0 Å². The first-order valence-electron chi connectivity index (χ1n) is 5.79. The molecule has 0 aromatic heterocycles. The van der Waals surface area contributed by atoms with Gasteiger partial charge in [0.15, 0.2) is 0 Å². The van der Waals surface area contributed by atoms with Crippen LogP contribution in [0.4, 0.5) is 0 Å². The van der Waals surface area contributed by atoms with Gasteiger partial charge in [-0.15, -0.1) is 0 Å². The highest BCUT2D eigenvalue weighted by molar-refractivity contribution is 7.99. The summed E-state index contributed by atoms with van der Waals surface area (Å²) in [7, 11) is 0. The van der Waals surface area contributed by atoms with Crippen LogP contribution in [0.3, 0.4) is 0 Å². The van der Waals surface area contributed by atoms with Gasteiger partial charge in [-0.1, -0.05) is 6.92 Å². The minimum Gasteiger partial charge on any atom is -0.314 e. The highest BCUT2D eigenvalue weighted by atomic mass is 32.2. The highest BCUT2D eigenvalue weighted by Gasteiger charge is 2.32. The van der Waals surface area contributed by atoms with E-state index >= 15 is 0 Å². The molecule has 3 heteroatoms. The quantitative estimate of drug-likeness (QED) is 0.748. The van der Waals surface area contributed by atoms with E-state index in [9.17, 15) is 0 Å². The van der Waals surface area contributed by atoms with Crippen LogP contribution in [0.1, 0.15) is 19.8 Å². The van der Waals surface area contributed by atoms with Crippen LogP contribution in [0, 0.1) is 5.92 Å². The van der Waals surface area contributed by atoms with Crippen molar-refractivity contribution in [2.45, 2.75) is 31.1 Å². The second-order valence-electron chi connectivity index (χ2n) is 4.72. The Hall–Kier alpha value is 0.270. The smallest absolute Gasteiger partial charge is 0.0351 e. The molecule has 2 fully saturated rings. The topological polar surface area (TPSA) is 15.3 Å². The van der Waals surface area contributed by atoms with E-state index < -0.39 is 0 Å². The zero-order chi connectivity index (χ0) is 9.97. The standard InChI is InChI=1S/C11H22N2S/c1-9-3-5-13(6-4-9)10-7-12-8-11(10)14-2/h9-12H,3-8H2,1-2H3. The Bertz CT molecular complexity index is 178. The summed E-state index contributed by atoms with van der Waals surface area (Å²) in [6.07, 6.45) is 5.05. The molecule has 2 heterocycles. The molecule has 0 bridgehead atoms. The first-order chi connectivity index (χ1) is 6.81. The summed E-state index contributed by atoms with van der Waals surface area (Å²) < 4.78 is 0. The SMILES string of the molecule is CSC1CNCC1N1CCC(C)CC1. The van der Waals surface area contributed by atoms with E-state index in [-0.39, 0.29) is 0 Å². The normalized spacial score (nSPS) is 36.4. The van der Waals surface area contributed by atoms with Crippen LogP contribution >= 0.6 is 11.8 Å².